The van der Waals surface area contributed by atoms with E-state index < -0.39 is 0 Å². The molecule has 0 N–H and O–H groups in total. The van der Waals surface area contributed by atoms with E-state index in [4.69, 9.17) is 4.84 Å². The van der Waals surface area contributed by atoms with Crippen LogP contribution in [0.15, 0.2) is 30.3 Å². The van der Waals surface area contributed by atoms with Crippen molar-refractivity contribution in [3.63, 3.8) is 0 Å². The van der Waals surface area contributed by atoms with Gasteiger partial charge in [0.05, 0.1) is 13.2 Å². The summed E-state index contributed by atoms with van der Waals surface area (Å²) in [6, 6.07) is 10.8. The van der Waals surface area contributed by atoms with Gasteiger partial charge in [-0.05, 0) is 32.3 Å². The number of hydrogen-bond acceptors (Lipinski definition) is 2. The second-order valence-corrected chi connectivity index (χ2v) is 5.78. The van der Waals surface area contributed by atoms with Gasteiger partial charge >= 0.3 is 0 Å². The van der Waals surface area contributed by atoms with E-state index in [0.717, 1.165) is 0 Å². The van der Waals surface area contributed by atoms with Crippen LogP contribution in [0.2, 0.25) is 0 Å². The van der Waals surface area contributed by atoms with Crippen molar-refractivity contribution in [3.05, 3.63) is 35.9 Å². The number of rotatable bonds is 4. The van der Waals surface area contributed by atoms with Gasteiger partial charge in [-0.2, -0.15) is 5.06 Å². The molecule has 0 bridgehead atoms. The Labute approximate surface area is 119 Å². The molecular weight excluding hydrogens is 234 g/mol. The maximum absolute atomic E-state index is 5.63. The Balaban J connectivity index is 0.00000154. The lowest BCUT2D eigenvalue weighted by Crippen LogP contribution is -2.44. The first-order valence-electron chi connectivity index (χ1n) is 7.26. The van der Waals surface area contributed by atoms with Crippen LogP contribution in [-0.4, -0.2) is 17.7 Å². The van der Waals surface area contributed by atoms with Gasteiger partial charge in [0.15, 0.2) is 0 Å². The highest BCUT2D eigenvalue weighted by Crippen LogP contribution is 2.33. The Morgan fingerprint density at radius 1 is 1.00 bits per heavy atom. The van der Waals surface area contributed by atoms with E-state index in [-0.39, 0.29) is 11.6 Å². The molecule has 2 nitrogen and oxygen atoms in total. The number of nitrogens with zero attached hydrogens (tertiary/aromatic N) is 1. The number of benzene rings is 1. The maximum atomic E-state index is 5.63. The third kappa shape index (κ3) is 5.33. The zero-order valence-electron chi connectivity index (χ0n) is 13.9. The van der Waals surface area contributed by atoms with Gasteiger partial charge in [-0.15, -0.1) is 0 Å². The lowest BCUT2D eigenvalue weighted by Gasteiger charge is -2.41. The van der Waals surface area contributed by atoms with Gasteiger partial charge in [0.2, 0.25) is 0 Å². The van der Waals surface area contributed by atoms with E-state index in [2.05, 4.69) is 70.0 Å². The maximum Gasteiger partial charge on any atom is 0.0630 e. The average Bonchev–Trinajstić information content (AvgIpc) is 2.37. The van der Waals surface area contributed by atoms with E-state index in [0.29, 0.717) is 5.92 Å². The van der Waals surface area contributed by atoms with Crippen LogP contribution >= 0.6 is 0 Å². The Bertz CT molecular complexity index is 327. The van der Waals surface area contributed by atoms with Crippen LogP contribution in [0, 0.1) is 5.92 Å². The van der Waals surface area contributed by atoms with Gasteiger partial charge < -0.3 is 4.84 Å². The highest BCUT2D eigenvalue weighted by molar-refractivity contribution is 5.19. The fourth-order valence-electron chi connectivity index (χ4n) is 2.25. The summed E-state index contributed by atoms with van der Waals surface area (Å²) in [6.45, 7) is 15.0. The summed E-state index contributed by atoms with van der Waals surface area (Å²) in [5, 5.41) is 2.09. The second kappa shape index (κ2) is 8.34. The van der Waals surface area contributed by atoms with Crippen molar-refractivity contribution >= 4 is 0 Å². The van der Waals surface area contributed by atoms with Crippen molar-refractivity contribution in [1.29, 1.82) is 0 Å². The molecule has 2 heteroatoms. The molecule has 0 aliphatic carbocycles. The average molecular weight is 265 g/mol. The van der Waals surface area contributed by atoms with Crippen LogP contribution in [0.3, 0.4) is 0 Å². The molecule has 1 atom stereocenters. The van der Waals surface area contributed by atoms with Crippen molar-refractivity contribution in [2.45, 2.75) is 60.0 Å². The van der Waals surface area contributed by atoms with E-state index in [9.17, 15) is 0 Å². The van der Waals surface area contributed by atoms with Crippen LogP contribution in [0.5, 0.6) is 0 Å². The standard InChI is InChI=1S/C15H25NO.C2H6/c1-12(2)14(13-10-8-7-9-11-13)16(17-6)15(3,4)5;1-2/h7-12,14H,1-6H3;1-2H3. The molecule has 1 aromatic rings. The van der Waals surface area contributed by atoms with Crippen LogP contribution in [0.25, 0.3) is 0 Å². The SMILES string of the molecule is CC.CON(C(c1ccccc1)C(C)C)C(C)(C)C. The molecule has 0 aliphatic heterocycles. The Hall–Kier alpha value is -0.860. The molecular formula is C17H31NO. The molecule has 0 aromatic heterocycles. The Morgan fingerprint density at radius 2 is 1.47 bits per heavy atom. The zero-order valence-corrected chi connectivity index (χ0v) is 13.9. The largest absolute Gasteiger partial charge is 0.301 e. The molecule has 1 unspecified atom stereocenters. The van der Waals surface area contributed by atoms with Gasteiger partial charge in [0.1, 0.15) is 0 Å². The topological polar surface area (TPSA) is 12.5 Å². The lowest BCUT2D eigenvalue weighted by molar-refractivity contribution is -0.225. The van der Waals surface area contributed by atoms with Gasteiger partial charge in [-0.3, -0.25) is 0 Å². The van der Waals surface area contributed by atoms with E-state index in [1.54, 1.807) is 7.11 Å². The van der Waals surface area contributed by atoms with Crippen molar-refractivity contribution in [2.75, 3.05) is 7.11 Å². The molecule has 0 radical (unpaired) electrons. The van der Waals surface area contributed by atoms with Crippen molar-refractivity contribution in [3.8, 4) is 0 Å². The third-order valence-electron chi connectivity index (χ3n) is 2.88. The summed E-state index contributed by atoms with van der Waals surface area (Å²) in [5.41, 5.74) is 1.29. The van der Waals surface area contributed by atoms with Crippen molar-refractivity contribution in [1.82, 2.24) is 5.06 Å². The zero-order chi connectivity index (χ0) is 15.1. The highest BCUT2D eigenvalue weighted by Gasteiger charge is 2.32. The van der Waals surface area contributed by atoms with E-state index >= 15 is 0 Å². The summed E-state index contributed by atoms with van der Waals surface area (Å²) >= 11 is 0. The van der Waals surface area contributed by atoms with Crippen LogP contribution in [-0.2, 0) is 4.84 Å². The molecule has 0 amide bonds. The summed E-state index contributed by atoms with van der Waals surface area (Å²) < 4.78 is 0. The first kappa shape index (κ1) is 18.1. The fourth-order valence-corrected chi connectivity index (χ4v) is 2.25. The lowest BCUT2D eigenvalue weighted by atomic mass is 9.92. The predicted octanol–water partition coefficient (Wildman–Crippen LogP) is 5.07. The molecule has 1 rings (SSSR count). The number of hydrogen-bond donors (Lipinski definition) is 0. The van der Waals surface area contributed by atoms with Gasteiger partial charge in [0, 0.05) is 5.54 Å². The summed E-state index contributed by atoms with van der Waals surface area (Å²) in [7, 11) is 1.75. The third-order valence-corrected chi connectivity index (χ3v) is 2.88. The monoisotopic (exact) mass is 265 g/mol. The molecule has 0 aliphatic rings. The quantitative estimate of drug-likeness (QED) is 0.705. The molecule has 1 aromatic carbocycles. The van der Waals surface area contributed by atoms with Crippen LogP contribution < -0.4 is 0 Å². The molecule has 19 heavy (non-hydrogen) atoms. The minimum absolute atomic E-state index is 0.0144. The minimum Gasteiger partial charge on any atom is -0.301 e. The van der Waals surface area contributed by atoms with Gasteiger partial charge in [0.25, 0.3) is 0 Å². The van der Waals surface area contributed by atoms with Crippen LogP contribution in [0.1, 0.15) is 60.1 Å². The molecule has 0 spiro atoms. The summed E-state index contributed by atoms with van der Waals surface area (Å²) in [5.74, 6) is 0.497. The molecule has 0 saturated heterocycles. The van der Waals surface area contributed by atoms with Crippen molar-refractivity contribution in [2.24, 2.45) is 5.92 Å². The minimum atomic E-state index is -0.0144. The smallest absolute Gasteiger partial charge is 0.0630 e. The highest BCUT2D eigenvalue weighted by atomic mass is 16.7. The normalized spacial score (nSPS) is 13.2. The van der Waals surface area contributed by atoms with E-state index in [1.165, 1.54) is 5.56 Å². The first-order valence-corrected chi connectivity index (χ1v) is 7.26. The summed E-state index contributed by atoms with van der Waals surface area (Å²) in [4.78, 5) is 5.63. The molecule has 0 heterocycles. The Kier molecular flexibility index (Phi) is 7.96. The fraction of sp³-hybridized carbons (Fsp3) is 0.647. The van der Waals surface area contributed by atoms with Gasteiger partial charge in [-0.25, -0.2) is 0 Å². The number of hydroxylamine groups is 2. The van der Waals surface area contributed by atoms with Crippen LogP contribution in [0.4, 0.5) is 0 Å². The van der Waals surface area contributed by atoms with E-state index in [1.807, 2.05) is 13.8 Å². The molecule has 110 valence electrons. The Morgan fingerprint density at radius 3 is 1.79 bits per heavy atom. The van der Waals surface area contributed by atoms with Crippen molar-refractivity contribution < 1.29 is 4.84 Å². The molecule has 0 fully saturated rings. The first-order chi connectivity index (χ1) is 8.88. The van der Waals surface area contributed by atoms with Gasteiger partial charge in [-0.1, -0.05) is 58.0 Å². The second-order valence-electron chi connectivity index (χ2n) is 5.78. The molecule has 0 saturated carbocycles. The summed E-state index contributed by atoms with van der Waals surface area (Å²) in [6.07, 6.45) is 0. The predicted molar refractivity (Wildman–Crippen MR) is 84.0 cm³/mol.